The summed E-state index contributed by atoms with van der Waals surface area (Å²) >= 11 is 13.9. The van der Waals surface area contributed by atoms with Crippen LogP contribution in [0.3, 0.4) is 0 Å². The van der Waals surface area contributed by atoms with Crippen molar-refractivity contribution < 1.29 is 23.7 Å². The molecule has 1 aliphatic rings. The number of carbonyl (C=O) groups is 1. The lowest BCUT2D eigenvalue weighted by Gasteiger charge is -2.27. The molecule has 0 amide bonds. The Bertz CT molecular complexity index is 1710. The van der Waals surface area contributed by atoms with Gasteiger partial charge in [-0.25, -0.2) is 4.79 Å². The summed E-state index contributed by atoms with van der Waals surface area (Å²) in [6, 6.07) is 18.0. The van der Waals surface area contributed by atoms with Crippen LogP contribution in [0.4, 0.5) is 0 Å². The Balaban J connectivity index is 1.47. The van der Waals surface area contributed by atoms with Gasteiger partial charge in [-0.2, -0.15) is 5.26 Å². The lowest BCUT2D eigenvalue weighted by Crippen LogP contribution is -2.21. The summed E-state index contributed by atoms with van der Waals surface area (Å²) in [6.07, 6.45) is 0. The van der Waals surface area contributed by atoms with Crippen molar-refractivity contribution in [3.8, 4) is 29.1 Å². The second-order valence-corrected chi connectivity index (χ2v) is 11.3. The predicted molar refractivity (Wildman–Crippen MR) is 156 cm³/mol. The number of nitriles is 1. The molecule has 5 rings (SSSR count). The van der Waals surface area contributed by atoms with E-state index in [9.17, 15) is 10.1 Å². The predicted octanol–water partition coefficient (Wildman–Crippen LogP) is 7.69. The number of hydrogen-bond donors (Lipinski definition) is 1. The van der Waals surface area contributed by atoms with Crippen molar-refractivity contribution in [2.45, 2.75) is 19.8 Å². The maximum Gasteiger partial charge on any atom is 0.355 e. The van der Waals surface area contributed by atoms with E-state index in [-0.39, 0.29) is 27.1 Å². The molecule has 0 aliphatic carbocycles. The molecule has 1 aromatic heterocycles. The summed E-state index contributed by atoms with van der Waals surface area (Å²) in [4.78, 5) is 13.3. The molecule has 7 nitrogen and oxygen atoms in total. The number of rotatable bonds is 7. The van der Waals surface area contributed by atoms with Gasteiger partial charge in [-0.1, -0.05) is 55.2 Å². The normalized spacial score (nSPS) is 14.5. The number of methoxy groups -OCH3 is 1. The van der Waals surface area contributed by atoms with Crippen LogP contribution in [0.15, 0.2) is 66.1 Å². The van der Waals surface area contributed by atoms with E-state index >= 15 is 0 Å². The highest BCUT2D eigenvalue weighted by atomic mass is 35.5. The van der Waals surface area contributed by atoms with Gasteiger partial charge in [0.2, 0.25) is 5.88 Å². The van der Waals surface area contributed by atoms with Crippen LogP contribution in [0.2, 0.25) is 10.0 Å². The average Bonchev–Trinajstić information content (AvgIpc) is 3.28. The van der Waals surface area contributed by atoms with Crippen molar-refractivity contribution >= 4 is 50.6 Å². The first kappa shape index (κ1) is 27.7. The summed E-state index contributed by atoms with van der Waals surface area (Å²) in [6.45, 7) is 4.66. The van der Waals surface area contributed by atoms with E-state index in [0.717, 1.165) is 10.3 Å². The molecule has 1 unspecified atom stereocenters. The Morgan fingerprint density at radius 2 is 1.95 bits per heavy atom. The summed E-state index contributed by atoms with van der Waals surface area (Å²) < 4.78 is 23.7. The quantitative estimate of drug-likeness (QED) is 0.173. The molecular formula is C30H24Cl2N2O5S. The zero-order valence-corrected chi connectivity index (χ0v) is 24.1. The summed E-state index contributed by atoms with van der Waals surface area (Å²) in [5.74, 6) is 0.865. The van der Waals surface area contributed by atoms with Crippen LogP contribution in [0.25, 0.3) is 10.1 Å². The maximum atomic E-state index is 13.0. The molecule has 2 heterocycles. The van der Waals surface area contributed by atoms with E-state index in [2.05, 4.69) is 19.9 Å². The molecule has 0 saturated heterocycles. The van der Waals surface area contributed by atoms with Crippen molar-refractivity contribution in [1.29, 1.82) is 5.26 Å². The first-order chi connectivity index (χ1) is 19.2. The molecule has 0 fully saturated rings. The van der Waals surface area contributed by atoms with Gasteiger partial charge in [0.05, 0.1) is 29.7 Å². The molecule has 3 aromatic carbocycles. The van der Waals surface area contributed by atoms with Gasteiger partial charge in [-0.3, -0.25) is 0 Å². The third-order valence-corrected chi connectivity index (χ3v) is 8.23. The van der Waals surface area contributed by atoms with Crippen molar-refractivity contribution in [2.75, 3.05) is 13.7 Å². The van der Waals surface area contributed by atoms with Crippen LogP contribution >= 0.6 is 34.5 Å². The number of thiophene rings is 1. The van der Waals surface area contributed by atoms with Gasteiger partial charge in [0.25, 0.3) is 0 Å². The van der Waals surface area contributed by atoms with Gasteiger partial charge in [0.1, 0.15) is 28.0 Å². The average molecular weight is 596 g/mol. The summed E-state index contributed by atoms with van der Waals surface area (Å²) in [5.41, 5.74) is 7.87. The number of allylic oxidation sites excluding steroid dienone is 1. The number of fused-ring (bicyclic) bond motifs is 2. The second-order valence-electron chi connectivity index (χ2n) is 9.49. The minimum atomic E-state index is -0.627. The number of ether oxygens (including phenoxy) is 4. The maximum absolute atomic E-state index is 13.0. The number of halogens is 2. The lowest BCUT2D eigenvalue weighted by molar-refractivity contribution is 0.0740. The van der Waals surface area contributed by atoms with E-state index in [1.165, 1.54) is 11.3 Å². The van der Waals surface area contributed by atoms with Crippen LogP contribution in [-0.2, 0) is 0 Å². The van der Waals surface area contributed by atoms with E-state index < -0.39 is 11.9 Å². The number of carbonyl (C=O) groups excluding carboxylic acids is 1. The fraction of sp³-hybridized carbons (Fsp3) is 0.200. The minimum Gasteiger partial charge on any atom is -0.493 e. The van der Waals surface area contributed by atoms with Gasteiger partial charge in [0.15, 0.2) is 11.5 Å². The highest BCUT2D eigenvalue weighted by molar-refractivity contribution is 7.21. The molecule has 0 bridgehead atoms. The van der Waals surface area contributed by atoms with Crippen LogP contribution < -0.4 is 24.7 Å². The summed E-state index contributed by atoms with van der Waals surface area (Å²) in [7, 11) is 1.56. The standard InChI is InChI=1S/C30H24Cl2N2O5S/c1-15(2)14-37-21-10-7-16(11-23(21)36-3)25-18-9-8-17(12-22(18)39-29(34)19(25)13-33)38-30(35)28-27(32)26-20(31)5-4-6-24(26)40-28/h4-12,15,25H,14,34H2,1-3H3. The number of nitrogens with zero attached hydrogens (tertiary/aromatic N) is 1. The topological polar surface area (TPSA) is 104 Å². The van der Waals surface area contributed by atoms with Crippen LogP contribution in [-0.4, -0.2) is 19.7 Å². The number of hydrogen-bond acceptors (Lipinski definition) is 8. The number of esters is 1. The van der Waals surface area contributed by atoms with Crippen molar-refractivity contribution in [3.63, 3.8) is 0 Å². The molecule has 40 heavy (non-hydrogen) atoms. The highest BCUT2D eigenvalue weighted by Gasteiger charge is 2.32. The van der Waals surface area contributed by atoms with Crippen molar-refractivity contribution in [1.82, 2.24) is 0 Å². The Morgan fingerprint density at radius 3 is 2.65 bits per heavy atom. The van der Waals surface area contributed by atoms with E-state index in [1.54, 1.807) is 37.4 Å². The van der Waals surface area contributed by atoms with Gasteiger partial charge in [0, 0.05) is 21.7 Å². The van der Waals surface area contributed by atoms with Gasteiger partial charge in [-0.15, -0.1) is 11.3 Å². The van der Waals surface area contributed by atoms with Crippen molar-refractivity contribution in [3.05, 3.63) is 92.1 Å². The first-order valence-corrected chi connectivity index (χ1v) is 13.9. The first-order valence-electron chi connectivity index (χ1n) is 12.3. The monoisotopic (exact) mass is 594 g/mol. The smallest absolute Gasteiger partial charge is 0.355 e. The SMILES string of the molecule is COc1cc(C2C(C#N)=C(N)Oc3cc(OC(=O)c4sc5cccc(Cl)c5c4Cl)ccc32)ccc1OCC(C)C. The van der Waals surface area contributed by atoms with Gasteiger partial charge in [-0.05, 0) is 41.8 Å². The Kier molecular flexibility index (Phi) is 7.81. The highest BCUT2D eigenvalue weighted by Crippen LogP contribution is 2.46. The van der Waals surface area contributed by atoms with Crippen LogP contribution in [0.1, 0.15) is 40.6 Å². The van der Waals surface area contributed by atoms with Crippen LogP contribution in [0.5, 0.6) is 23.0 Å². The van der Waals surface area contributed by atoms with Gasteiger partial charge >= 0.3 is 5.97 Å². The molecule has 0 saturated carbocycles. The molecule has 0 radical (unpaired) electrons. The Morgan fingerprint density at radius 1 is 1.15 bits per heavy atom. The van der Waals surface area contributed by atoms with Gasteiger partial charge < -0.3 is 24.7 Å². The third kappa shape index (κ3) is 5.16. The molecule has 2 N–H and O–H groups in total. The molecule has 4 aromatic rings. The largest absolute Gasteiger partial charge is 0.493 e. The third-order valence-electron chi connectivity index (χ3n) is 6.29. The molecule has 10 heteroatoms. The molecule has 204 valence electrons. The zero-order valence-electron chi connectivity index (χ0n) is 21.8. The molecule has 0 spiro atoms. The lowest BCUT2D eigenvalue weighted by atomic mass is 9.83. The summed E-state index contributed by atoms with van der Waals surface area (Å²) in [5, 5.41) is 11.2. The number of benzene rings is 3. The molecular weight excluding hydrogens is 571 g/mol. The minimum absolute atomic E-state index is 0.0372. The van der Waals surface area contributed by atoms with E-state index in [4.69, 9.17) is 47.9 Å². The molecule has 1 atom stereocenters. The van der Waals surface area contributed by atoms with E-state index in [1.807, 2.05) is 24.3 Å². The van der Waals surface area contributed by atoms with E-state index in [0.29, 0.717) is 45.7 Å². The molecule has 1 aliphatic heterocycles. The fourth-order valence-electron chi connectivity index (χ4n) is 4.44. The zero-order chi connectivity index (χ0) is 28.6. The number of nitrogens with two attached hydrogens (primary N) is 1. The van der Waals surface area contributed by atoms with Crippen LogP contribution in [0, 0.1) is 17.2 Å². The Hall–Kier alpha value is -3.90. The fourth-order valence-corrected chi connectivity index (χ4v) is 6.26. The van der Waals surface area contributed by atoms with Crippen molar-refractivity contribution in [2.24, 2.45) is 11.7 Å². The second kappa shape index (κ2) is 11.3. The Labute approximate surface area is 245 Å².